The van der Waals surface area contributed by atoms with Gasteiger partial charge < -0.3 is 9.47 Å². The number of rotatable bonds is 2. The van der Waals surface area contributed by atoms with E-state index in [1.807, 2.05) is 6.07 Å². The summed E-state index contributed by atoms with van der Waals surface area (Å²) >= 11 is 0. The number of fused-ring (bicyclic) bond motifs is 1. The zero-order valence-corrected chi connectivity index (χ0v) is 11.6. The highest BCUT2D eigenvalue weighted by Crippen LogP contribution is 3.16. The van der Waals surface area contributed by atoms with Crippen molar-refractivity contribution < 1.29 is 14.4 Å². The first-order valence-corrected chi connectivity index (χ1v) is 6.93. The Labute approximate surface area is 116 Å². The van der Waals surface area contributed by atoms with Crippen LogP contribution in [0.15, 0.2) is 12.1 Å². The summed E-state index contributed by atoms with van der Waals surface area (Å²) in [5.41, 5.74) is 1.86. The summed E-state index contributed by atoms with van der Waals surface area (Å²) in [6.07, 6.45) is 2.45. The molecule has 1 aromatic rings. The van der Waals surface area contributed by atoms with Crippen LogP contribution in [0.2, 0.25) is 0 Å². The molecule has 3 saturated carbocycles. The van der Waals surface area contributed by atoms with Gasteiger partial charge in [-0.25, -0.2) is 0 Å². The Balaban J connectivity index is 1.75. The van der Waals surface area contributed by atoms with Gasteiger partial charge in [-0.2, -0.15) is 0 Å². The van der Waals surface area contributed by atoms with Crippen molar-refractivity contribution in [1.29, 1.82) is 0 Å². The zero-order valence-electron chi connectivity index (χ0n) is 11.6. The van der Waals surface area contributed by atoms with E-state index in [9.17, 15) is 10.1 Å². The molecule has 2 unspecified atom stereocenters. The van der Waals surface area contributed by atoms with Crippen molar-refractivity contribution in [2.75, 3.05) is 7.11 Å². The van der Waals surface area contributed by atoms with Gasteiger partial charge in [-0.15, -0.1) is 0 Å². The minimum atomic E-state index is -0.409. The minimum absolute atomic E-state index is 0.0153. The first kappa shape index (κ1) is 10.9. The van der Waals surface area contributed by atoms with Crippen LogP contribution in [0, 0.1) is 20.9 Å². The fraction of sp³-hybridized carbons (Fsp3) is 0.600. The van der Waals surface area contributed by atoms with E-state index in [0.29, 0.717) is 22.3 Å². The maximum absolute atomic E-state index is 11.2. The number of nitrogens with zero attached hydrogens (tertiary/aromatic N) is 1. The Morgan fingerprint density at radius 1 is 1.35 bits per heavy atom. The van der Waals surface area contributed by atoms with E-state index in [2.05, 4.69) is 13.8 Å². The molecule has 1 heterocycles. The predicted octanol–water partition coefficient (Wildman–Crippen LogP) is 2.81. The second-order valence-corrected chi connectivity index (χ2v) is 7.14. The quantitative estimate of drug-likeness (QED) is 0.614. The van der Waals surface area contributed by atoms with Crippen molar-refractivity contribution in [3.8, 4) is 11.5 Å². The first-order valence-electron chi connectivity index (χ1n) is 6.93. The predicted molar refractivity (Wildman–Crippen MR) is 70.1 cm³/mol. The van der Waals surface area contributed by atoms with Crippen LogP contribution in [0.1, 0.15) is 32.3 Å². The molecule has 1 aliphatic heterocycles. The number of hydrogen-bond acceptors (Lipinski definition) is 4. The lowest BCUT2D eigenvalue weighted by molar-refractivity contribution is -0.385. The monoisotopic (exact) mass is 273 g/mol. The number of benzene rings is 1. The van der Waals surface area contributed by atoms with E-state index in [0.717, 1.165) is 5.56 Å². The van der Waals surface area contributed by atoms with E-state index >= 15 is 0 Å². The normalized spacial score (nSPS) is 43.1. The first-order chi connectivity index (χ1) is 9.37. The molecule has 0 radical (unpaired) electrons. The molecule has 20 heavy (non-hydrogen) atoms. The lowest BCUT2D eigenvalue weighted by Gasteiger charge is -2.41. The number of nitro benzene ring substituents is 1. The third kappa shape index (κ3) is 0.701. The number of methoxy groups -OCH3 is 1. The Morgan fingerprint density at radius 3 is 2.65 bits per heavy atom. The smallest absolute Gasteiger partial charge is 0.314 e. The van der Waals surface area contributed by atoms with Gasteiger partial charge in [-0.05, 0) is 38.2 Å². The highest BCUT2D eigenvalue weighted by Gasteiger charge is 3.15. The van der Waals surface area contributed by atoms with Crippen molar-refractivity contribution in [1.82, 2.24) is 0 Å². The molecule has 0 bridgehead atoms. The molecule has 1 aromatic carbocycles. The van der Waals surface area contributed by atoms with Gasteiger partial charge in [0.25, 0.3) is 0 Å². The third-order valence-electron chi connectivity index (χ3n) is 6.51. The van der Waals surface area contributed by atoms with E-state index in [1.165, 1.54) is 20.0 Å². The Kier molecular flexibility index (Phi) is 1.33. The number of nitro groups is 1. The highest BCUT2D eigenvalue weighted by atomic mass is 16.6. The Hall–Kier alpha value is -1.78. The molecular formula is C15H15NO4. The maximum Gasteiger partial charge on any atom is 0.314 e. The van der Waals surface area contributed by atoms with Gasteiger partial charge in [0, 0.05) is 16.4 Å². The minimum Gasteiger partial charge on any atom is -0.490 e. The van der Waals surface area contributed by atoms with Crippen LogP contribution in [0.3, 0.4) is 0 Å². The molecule has 3 aliphatic carbocycles. The molecule has 0 N–H and O–H groups in total. The van der Waals surface area contributed by atoms with Crippen molar-refractivity contribution in [3.05, 3.63) is 27.8 Å². The third-order valence-corrected chi connectivity index (χ3v) is 6.51. The van der Waals surface area contributed by atoms with Gasteiger partial charge in [0.2, 0.25) is 0 Å². The van der Waals surface area contributed by atoms with E-state index < -0.39 is 4.92 Å². The molecule has 0 aromatic heterocycles. The van der Waals surface area contributed by atoms with E-state index in [-0.39, 0.29) is 16.7 Å². The summed E-state index contributed by atoms with van der Waals surface area (Å²) in [5.74, 6) is 1.02. The average Bonchev–Trinajstić information content (AvgIpc) is 3.25. The molecular weight excluding hydrogens is 258 g/mol. The van der Waals surface area contributed by atoms with E-state index in [1.54, 1.807) is 6.07 Å². The van der Waals surface area contributed by atoms with Gasteiger partial charge in [-0.3, -0.25) is 10.1 Å². The average molecular weight is 273 g/mol. The molecule has 0 amide bonds. The summed E-state index contributed by atoms with van der Waals surface area (Å²) in [6, 6.07) is 3.38. The van der Waals surface area contributed by atoms with Crippen LogP contribution in [0.25, 0.3) is 0 Å². The number of ether oxygens (including phenoxy) is 2. The molecule has 5 heteroatoms. The second-order valence-electron chi connectivity index (χ2n) is 7.14. The van der Waals surface area contributed by atoms with Crippen molar-refractivity contribution >= 4 is 5.69 Å². The molecule has 3 spiro atoms. The Bertz CT molecular complexity index is 727. The van der Waals surface area contributed by atoms with E-state index in [4.69, 9.17) is 9.47 Å². The summed E-state index contributed by atoms with van der Waals surface area (Å²) in [7, 11) is 1.48. The molecule has 5 rings (SSSR count). The van der Waals surface area contributed by atoms with Gasteiger partial charge in [0.05, 0.1) is 18.1 Å². The molecule has 5 nitrogen and oxygen atoms in total. The molecule has 3 atom stereocenters. The van der Waals surface area contributed by atoms with Crippen LogP contribution in [0.4, 0.5) is 5.69 Å². The van der Waals surface area contributed by atoms with Crippen molar-refractivity contribution in [3.63, 3.8) is 0 Å². The number of hydrogen-bond donors (Lipinski definition) is 0. The molecule has 0 saturated heterocycles. The largest absolute Gasteiger partial charge is 0.490 e. The van der Waals surface area contributed by atoms with Crippen LogP contribution in [-0.2, 0) is 5.41 Å². The van der Waals surface area contributed by atoms with Crippen LogP contribution in [-0.4, -0.2) is 17.6 Å². The maximum atomic E-state index is 11.2. The van der Waals surface area contributed by atoms with Gasteiger partial charge >= 0.3 is 5.69 Å². The summed E-state index contributed by atoms with van der Waals surface area (Å²) in [6.45, 7) is 4.24. The summed E-state index contributed by atoms with van der Waals surface area (Å²) in [4.78, 5) is 10.7. The second kappa shape index (κ2) is 2.43. The van der Waals surface area contributed by atoms with Crippen LogP contribution >= 0.6 is 0 Å². The van der Waals surface area contributed by atoms with Gasteiger partial charge in [0.1, 0.15) is 11.4 Å². The fourth-order valence-electron chi connectivity index (χ4n) is 5.64. The lowest BCUT2D eigenvalue weighted by atomic mass is 9.76. The van der Waals surface area contributed by atoms with Crippen LogP contribution < -0.4 is 9.47 Å². The summed E-state index contributed by atoms with van der Waals surface area (Å²) < 4.78 is 11.3. The fourth-order valence-corrected chi connectivity index (χ4v) is 5.64. The standard InChI is InChI=1S/C15H15NO4/c1-12(2)15-7-13(15)6-14(13,15)8-4-11(19-3)9(16(17)18)5-10(8)20-12/h4-5H,6-7H2,1-3H3/t13?,14-,15?/m1/s1. The topological polar surface area (TPSA) is 61.6 Å². The highest BCUT2D eigenvalue weighted by molar-refractivity contribution is 5.77. The lowest BCUT2D eigenvalue weighted by Crippen LogP contribution is -2.44. The molecule has 104 valence electrons. The SMILES string of the molecule is COc1cc2c(cc1[N+](=O)[O-])OC(C)(C)C13CC14C[C@@]243. The van der Waals surface area contributed by atoms with Crippen LogP contribution in [0.5, 0.6) is 11.5 Å². The Morgan fingerprint density at radius 2 is 2.10 bits per heavy atom. The summed E-state index contributed by atoms with van der Waals surface area (Å²) in [5, 5.41) is 11.2. The van der Waals surface area contributed by atoms with Gasteiger partial charge in [0.15, 0.2) is 5.75 Å². The molecule has 3 fully saturated rings. The molecule has 4 aliphatic rings. The van der Waals surface area contributed by atoms with Crippen molar-refractivity contribution in [2.24, 2.45) is 10.8 Å². The zero-order chi connectivity index (χ0) is 14.1. The van der Waals surface area contributed by atoms with Gasteiger partial charge in [-0.1, -0.05) is 0 Å². The van der Waals surface area contributed by atoms with Crippen molar-refractivity contribution in [2.45, 2.75) is 37.7 Å².